The molecule has 0 bridgehead atoms. The third-order valence-corrected chi connectivity index (χ3v) is 3.40. The summed E-state index contributed by atoms with van der Waals surface area (Å²) in [5, 5.41) is 6.12. The summed E-state index contributed by atoms with van der Waals surface area (Å²) in [5.41, 5.74) is 1.04. The van der Waals surface area contributed by atoms with Gasteiger partial charge in [0.2, 0.25) is 0 Å². The van der Waals surface area contributed by atoms with Crippen LogP contribution < -0.4 is 5.56 Å². The van der Waals surface area contributed by atoms with E-state index in [1.54, 1.807) is 4.90 Å². The lowest BCUT2D eigenvalue weighted by Gasteiger charge is -2.20. The van der Waals surface area contributed by atoms with E-state index >= 15 is 0 Å². The molecule has 1 amide bonds. The first-order chi connectivity index (χ1) is 11.2. The van der Waals surface area contributed by atoms with E-state index in [4.69, 9.17) is 0 Å². The Kier molecular flexibility index (Phi) is 6.29. The van der Waals surface area contributed by atoms with E-state index in [0.29, 0.717) is 13.1 Å². The Hall–Kier alpha value is -2.69. The smallest absolute Gasteiger partial charge is 0.274 e. The molecule has 0 saturated carbocycles. The Morgan fingerprint density at radius 2 is 2.00 bits per heavy atom. The molecule has 0 unspecified atom stereocenters. The lowest BCUT2D eigenvalue weighted by atomic mass is 10.2. The van der Waals surface area contributed by atoms with Crippen LogP contribution in [0.25, 0.3) is 6.08 Å². The number of aromatic nitrogens is 2. The normalized spacial score (nSPS) is 10.8. The number of hydrogen-bond donors (Lipinski definition) is 1. The number of aromatic amines is 1. The molecule has 1 aromatic heterocycles. The summed E-state index contributed by atoms with van der Waals surface area (Å²) in [4.78, 5) is 25.3. The summed E-state index contributed by atoms with van der Waals surface area (Å²) in [6.45, 7) is 3.25. The number of rotatable bonds is 7. The van der Waals surface area contributed by atoms with Crippen LogP contribution in [0.2, 0.25) is 0 Å². The summed E-state index contributed by atoms with van der Waals surface area (Å²) in [6.07, 6.45) is 5.89. The van der Waals surface area contributed by atoms with Gasteiger partial charge >= 0.3 is 0 Å². The number of hydrogen-bond acceptors (Lipinski definition) is 3. The van der Waals surface area contributed by atoms with Crippen molar-refractivity contribution in [2.24, 2.45) is 0 Å². The Morgan fingerprint density at radius 1 is 1.22 bits per heavy atom. The van der Waals surface area contributed by atoms with Gasteiger partial charge in [-0.25, -0.2) is 5.10 Å². The quantitative estimate of drug-likeness (QED) is 0.855. The van der Waals surface area contributed by atoms with Gasteiger partial charge in [-0.3, -0.25) is 9.59 Å². The molecule has 2 aromatic rings. The zero-order chi connectivity index (χ0) is 16.5. The van der Waals surface area contributed by atoms with Gasteiger partial charge in [0.1, 0.15) is 5.69 Å². The van der Waals surface area contributed by atoms with Crippen LogP contribution in [0.3, 0.4) is 0 Å². The molecule has 1 heterocycles. The van der Waals surface area contributed by atoms with Crippen LogP contribution in [-0.2, 0) is 0 Å². The third-order valence-electron chi connectivity index (χ3n) is 3.40. The molecule has 0 aliphatic rings. The van der Waals surface area contributed by atoms with E-state index in [1.807, 2.05) is 42.5 Å². The summed E-state index contributed by atoms with van der Waals surface area (Å²) in [7, 11) is 0. The summed E-state index contributed by atoms with van der Waals surface area (Å²) in [6, 6.07) is 12.7. The molecular formula is C18H21N3O2. The van der Waals surface area contributed by atoms with Crippen molar-refractivity contribution in [1.82, 2.24) is 15.1 Å². The fourth-order valence-electron chi connectivity index (χ4n) is 2.13. The first-order valence-electron chi connectivity index (χ1n) is 7.77. The molecule has 1 aromatic carbocycles. The van der Waals surface area contributed by atoms with Gasteiger partial charge in [-0.05, 0) is 18.1 Å². The number of H-pyrrole nitrogens is 1. The molecule has 23 heavy (non-hydrogen) atoms. The van der Waals surface area contributed by atoms with Crippen molar-refractivity contribution in [1.29, 1.82) is 0 Å². The van der Waals surface area contributed by atoms with Crippen LogP contribution in [0, 0.1) is 0 Å². The van der Waals surface area contributed by atoms with Crippen molar-refractivity contribution in [3.63, 3.8) is 0 Å². The zero-order valence-corrected chi connectivity index (χ0v) is 13.2. The fourth-order valence-corrected chi connectivity index (χ4v) is 2.13. The van der Waals surface area contributed by atoms with E-state index < -0.39 is 0 Å². The zero-order valence-electron chi connectivity index (χ0n) is 13.2. The third kappa shape index (κ3) is 5.21. The van der Waals surface area contributed by atoms with Crippen LogP contribution in [0.1, 0.15) is 35.8 Å². The molecule has 0 atom stereocenters. The maximum atomic E-state index is 12.5. The van der Waals surface area contributed by atoms with Crippen LogP contribution in [-0.4, -0.2) is 34.1 Å². The van der Waals surface area contributed by atoms with Crippen molar-refractivity contribution in [3.8, 4) is 0 Å². The first-order valence-corrected chi connectivity index (χ1v) is 7.77. The van der Waals surface area contributed by atoms with Gasteiger partial charge in [0.15, 0.2) is 0 Å². The molecular weight excluding hydrogens is 290 g/mol. The molecule has 120 valence electrons. The highest BCUT2D eigenvalue weighted by molar-refractivity contribution is 5.92. The average Bonchev–Trinajstić information content (AvgIpc) is 2.59. The number of carbonyl (C=O) groups excluding carboxylic acids is 1. The second-order valence-electron chi connectivity index (χ2n) is 5.22. The Labute approximate surface area is 135 Å². The highest BCUT2D eigenvalue weighted by atomic mass is 16.2. The Bertz CT molecular complexity index is 687. The van der Waals surface area contributed by atoms with Crippen molar-refractivity contribution in [3.05, 3.63) is 70.2 Å². The van der Waals surface area contributed by atoms with Crippen molar-refractivity contribution in [2.75, 3.05) is 13.1 Å². The molecule has 0 radical (unpaired) electrons. The molecule has 0 aliphatic carbocycles. The average molecular weight is 311 g/mol. The monoisotopic (exact) mass is 311 g/mol. The van der Waals surface area contributed by atoms with E-state index in [0.717, 1.165) is 18.4 Å². The van der Waals surface area contributed by atoms with Crippen LogP contribution >= 0.6 is 0 Å². The second kappa shape index (κ2) is 8.68. The molecule has 0 spiro atoms. The van der Waals surface area contributed by atoms with Crippen LogP contribution in [0.15, 0.2) is 53.3 Å². The number of benzene rings is 1. The van der Waals surface area contributed by atoms with E-state index in [9.17, 15) is 9.59 Å². The molecule has 0 saturated heterocycles. The number of carbonyl (C=O) groups is 1. The van der Waals surface area contributed by atoms with E-state index in [1.165, 1.54) is 12.1 Å². The van der Waals surface area contributed by atoms with Gasteiger partial charge in [-0.15, -0.1) is 0 Å². The maximum absolute atomic E-state index is 12.5. The van der Waals surface area contributed by atoms with Gasteiger partial charge in [0.25, 0.3) is 11.5 Å². The maximum Gasteiger partial charge on any atom is 0.274 e. The highest BCUT2D eigenvalue weighted by Crippen LogP contribution is 2.05. The second-order valence-corrected chi connectivity index (χ2v) is 5.22. The number of nitrogens with one attached hydrogen (secondary N) is 1. The summed E-state index contributed by atoms with van der Waals surface area (Å²) < 4.78 is 0. The van der Waals surface area contributed by atoms with Gasteiger partial charge in [-0.1, -0.05) is 55.8 Å². The van der Waals surface area contributed by atoms with Gasteiger partial charge < -0.3 is 4.90 Å². The molecule has 5 nitrogen and oxygen atoms in total. The molecule has 0 aliphatic heterocycles. The SMILES string of the molecule is CCCCN(CC=Cc1ccccc1)C(=O)c1ccc(=O)[nH]n1. The Balaban J connectivity index is 2.06. The lowest BCUT2D eigenvalue weighted by Crippen LogP contribution is -2.33. The predicted octanol–water partition coefficient (Wildman–Crippen LogP) is 2.73. The highest BCUT2D eigenvalue weighted by Gasteiger charge is 2.15. The number of nitrogens with zero attached hydrogens (tertiary/aromatic N) is 2. The first kappa shape index (κ1) is 16.7. The minimum Gasteiger partial charge on any atom is -0.334 e. The molecule has 2 rings (SSSR count). The van der Waals surface area contributed by atoms with E-state index in [-0.39, 0.29) is 17.2 Å². The molecule has 0 fully saturated rings. The van der Waals surface area contributed by atoms with Gasteiger partial charge in [0, 0.05) is 19.2 Å². The van der Waals surface area contributed by atoms with Crippen LogP contribution in [0.4, 0.5) is 0 Å². The summed E-state index contributed by atoms with van der Waals surface area (Å²) in [5.74, 6) is -0.174. The Morgan fingerprint density at radius 3 is 2.65 bits per heavy atom. The minimum absolute atomic E-state index is 0.174. The van der Waals surface area contributed by atoms with Gasteiger partial charge in [0.05, 0.1) is 0 Å². The van der Waals surface area contributed by atoms with Crippen LogP contribution in [0.5, 0.6) is 0 Å². The number of amides is 1. The summed E-state index contributed by atoms with van der Waals surface area (Å²) >= 11 is 0. The lowest BCUT2D eigenvalue weighted by molar-refractivity contribution is 0.0765. The predicted molar refractivity (Wildman–Crippen MR) is 91.1 cm³/mol. The van der Waals surface area contributed by atoms with E-state index in [2.05, 4.69) is 17.1 Å². The van der Waals surface area contributed by atoms with Crippen molar-refractivity contribution >= 4 is 12.0 Å². The van der Waals surface area contributed by atoms with Gasteiger partial charge in [-0.2, -0.15) is 5.10 Å². The topological polar surface area (TPSA) is 66.1 Å². The molecule has 1 N–H and O–H groups in total. The van der Waals surface area contributed by atoms with Crippen molar-refractivity contribution in [2.45, 2.75) is 19.8 Å². The minimum atomic E-state index is -0.314. The largest absolute Gasteiger partial charge is 0.334 e. The van der Waals surface area contributed by atoms with Crippen molar-refractivity contribution < 1.29 is 4.79 Å². The standard InChI is InChI=1S/C18H21N3O2/c1-2-3-13-21(14-7-10-15-8-5-4-6-9-15)18(23)16-11-12-17(22)20-19-16/h4-12H,2-3,13-14H2,1H3,(H,20,22). The number of unbranched alkanes of at least 4 members (excludes halogenated alkanes) is 1. The fraction of sp³-hybridized carbons (Fsp3) is 0.278. The molecule has 5 heteroatoms.